The van der Waals surface area contributed by atoms with E-state index in [2.05, 4.69) is 4.90 Å². The number of alkyl halides is 3. The second-order valence-electron chi connectivity index (χ2n) is 8.90. The summed E-state index contributed by atoms with van der Waals surface area (Å²) >= 11 is 5.74. The molecule has 0 aromatic heterocycles. The molecule has 9 heteroatoms. The van der Waals surface area contributed by atoms with Crippen molar-refractivity contribution in [1.29, 1.82) is 0 Å². The minimum absolute atomic E-state index is 0.0163. The third-order valence-corrected chi connectivity index (χ3v) is 6.64. The molecule has 2 fully saturated rings. The lowest BCUT2D eigenvalue weighted by Crippen LogP contribution is -2.40. The number of esters is 1. The summed E-state index contributed by atoms with van der Waals surface area (Å²) in [5.74, 6) is 0.953. The van der Waals surface area contributed by atoms with Gasteiger partial charge in [-0.15, -0.1) is 0 Å². The molecule has 4 rings (SSSR count). The van der Waals surface area contributed by atoms with Gasteiger partial charge in [0.15, 0.2) is 0 Å². The Morgan fingerprint density at radius 3 is 2.60 bits per heavy atom. The Morgan fingerprint density at radius 1 is 1.17 bits per heavy atom. The number of ether oxygens (including phenoxy) is 2. The van der Waals surface area contributed by atoms with Gasteiger partial charge in [-0.2, -0.15) is 13.2 Å². The second kappa shape index (κ2) is 11.0. The molecule has 1 atom stereocenters. The molecule has 0 saturated carbocycles. The molecule has 2 heterocycles. The van der Waals surface area contributed by atoms with Crippen LogP contribution in [0.15, 0.2) is 48.2 Å². The van der Waals surface area contributed by atoms with Crippen molar-refractivity contribution in [2.24, 2.45) is 0 Å². The van der Waals surface area contributed by atoms with Gasteiger partial charge in [-0.05, 0) is 61.7 Å². The zero-order chi connectivity index (χ0) is 25.0. The SMILES string of the molecule is O=C1CCC(=Cc2ccccc2OC[C@@H](O)CN2CCC(c3ccc(Cl)c(C(F)(F)F)c3)CC2)O1. The number of aliphatic hydroxyl groups is 1. The van der Waals surface area contributed by atoms with E-state index in [0.717, 1.165) is 11.6 Å². The summed E-state index contributed by atoms with van der Waals surface area (Å²) in [6.45, 7) is 1.83. The first-order valence-electron chi connectivity index (χ1n) is 11.6. The number of nitrogens with zero attached hydrogens (tertiary/aromatic N) is 1. The molecule has 2 saturated heterocycles. The Kier molecular flexibility index (Phi) is 8.04. The molecular weight excluding hydrogens is 483 g/mol. The number of rotatable bonds is 7. The number of halogens is 4. The van der Waals surface area contributed by atoms with Crippen LogP contribution in [0.3, 0.4) is 0 Å². The Balaban J connectivity index is 1.28. The van der Waals surface area contributed by atoms with Gasteiger partial charge in [-0.25, -0.2) is 0 Å². The van der Waals surface area contributed by atoms with E-state index in [1.807, 2.05) is 18.2 Å². The number of aliphatic hydroxyl groups excluding tert-OH is 1. The molecule has 0 aliphatic carbocycles. The van der Waals surface area contributed by atoms with Gasteiger partial charge in [0.05, 0.1) is 17.0 Å². The maximum absolute atomic E-state index is 13.2. The Labute approximate surface area is 207 Å². The van der Waals surface area contributed by atoms with E-state index in [-0.39, 0.29) is 23.5 Å². The summed E-state index contributed by atoms with van der Waals surface area (Å²) < 4.78 is 50.6. The summed E-state index contributed by atoms with van der Waals surface area (Å²) in [7, 11) is 0. The van der Waals surface area contributed by atoms with Crippen molar-refractivity contribution in [3.05, 3.63) is 69.9 Å². The molecule has 2 aliphatic heterocycles. The monoisotopic (exact) mass is 509 g/mol. The fourth-order valence-electron chi connectivity index (χ4n) is 4.48. The minimum atomic E-state index is -4.48. The van der Waals surface area contributed by atoms with E-state index < -0.39 is 17.8 Å². The molecule has 0 amide bonds. The largest absolute Gasteiger partial charge is 0.490 e. The quantitative estimate of drug-likeness (QED) is 0.488. The smallest absolute Gasteiger partial charge is 0.417 e. The molecule has 5 nitrogen and oxygen atoms in total. The van der Waals surface area contributed by atoms with Crippen LogP contribution in [0.1, 0.15) is 48.3 Å². The average molecular weight is 510 g/mol. The Bertz CT molecular complexity index is 1080. The first-order chi connectivity index (χ1) is 16.7. The highest BCUT2D eigenvalue weighted by atomic mass is 35.5. The van der Waals surface area contributed by atoms with Crippen molar-refractivity contribution in [3.63, 3.8) is 0 Å². The number of cyclic esters (lactones) is 1. The standard InChI is InChI=1S/C26H27ClF3NO4/c27-23-7-5-18(14-22(23)26(28,29)30)17-9-11-31(12-10-17)15-20(32)16-34-24-4-2-1-3-19(24)13-21-6-8-25(33)35-21/h1-5,7,13-14,17,20,32H,6,8-12,15-16H2/t20-/m0/s1. The van der Waals surface area contributed by atoms with E-state index in [1.165, 1.54) is 6.07 Å². The second-order valence-corrected chi connectivity index (χ2v) is 9.31. The first-order valence-corrected chi connectivity index (χ1v) is 12.0. The van der Waals surface area contributed by atoms with Gasteiger partial charge in [-0.1, -0.05) is 35.9 Å². The first kappa shape index (κ1) is 25.5. The predicted octanol–water partition coefficient (Wildman–Crippen LogP) is 5.66. The number of para-hydroxylation sites is 1. The maximum Gasteiger partial charge on any atom is 0.417 e. The van der Waals surface area contributed by atoms with Crippen LogP contribution in [0.4, 0.5) is 13.2 Å². The predicted molar refractivity (Wildman–Crippen MR) is 126 cm³/mol. The van der Waals surface area contributed by atoms with Crippen molar-refractivity contribution in [3.8, 4) is 5.75 Å². The molecule has 2 aliphatic rings. The highest BCUT2D eigenvalue weighted by Gasteiger charge is 2.34. The van der Waals surface area contributed by atoms with Crippen LogP contribution >= 0.6 is 11.6 Å². The lowest BCUT2D eigenvalue weighted by Gasteiger charge is -2.33. The van der Waals surface area contributed by atoms with Crippen LogP contribution in [-0.2, 0) is 15.7 Å². The summed E-state index contributed by atoms with van der Waals surface area (Å²) in [5.41, 5.74) is 0.615. The number of piperidine rings is 1. The number of hydrogen-bond donors (Lipinski definition) is 1. The third-order valence-electron chi connectivity index (χ3n) is 6.31. The number of carbonyl (C=O) groups excluding carboxylic acids is 1. The number of allylic oxidation sites excluding steroid dienone is 1. The maximum atomic E-state index is 13.2. The number of benzene rings is 2. The van der Waals surface area contributed by atoms with Gasteiger partial charge >= 0.3 is 12.1 Å². The molecule has 0 unspecified atom stereocenters. The van der Waals surface area contributed by atoms with Gasteiger partial charge in [0.1, 0.15) is 24.2 Å². The molecule has 188 valence electrons. The summed E-state index contributed by atoms with van der Waals surface area (Å²) in [4.78, 5) is 13.4. The van der Waals surface area contributed by atoms with Crippen LogP contribution in [0, 0.1) is 0 Å². The van der Waals surface area contributed by atoms with Crippen molar-refractivity contribution >= 4 is 23.6 Å². The molecule has 2 aromatic rings. The lowest BCUT2D eigenvalue weighted by atomic mass is 9.88. The number of hydrogen-bond acceptors (Lipinski definition) is 5. The van der Waals surface area contributed by atoms with E-state index in [4.69, 9.17) is 21.1 Å². The molecular formula is C26H27ClF3NO4. The molecule has 0 radical (unpaired) electrons. The van der Waals surface area contributed by atoms with E-state index in [1.54, 1.807) is 18.2 Å². The Hall–Kier alpha value is -2.55. The van der Waals surface area contributed by atoms with E-state index >= 15 is 0 Å². The van der Waals surface area contributed by atoms with Gasteiger partial charge in [0.25, 0.3) is 0 Å². The fraction of sp³-hybridized carbons (Fsp3) is 0.423. The normalized spacial score (nSPS) is 19.7. The summed E-state index contributed by atoms with van der Waals surface area (Å²) in [5, 5.41) is 10.2. The number of carbonyl (C=O) groups is 1. The van der Waals surface area contributed by atoms with Gasteiger partial charge < -0.3 is 19.5 Å². The average Bonchev–Trinajstić information content (AvgIpc) is 3.23. The van der Waals surface area contributed by atoms with Crippen LogP contribution < -0.4 is 4.74 Å². The van der Waals surface area contributed by atoms with Crippen molar-refractivity contribution in [2.45, 2.75) is 43.9 Å². The molecule has 1 N–H and O–H groups in total. The van der Waals surface area contributed by atoms with Crippen molar-refractivity contribution in [1.82, 2.24) is 4.90 Å². The van der Waals surface area contributed by atoms with Crippen LogP contribution in [0.2, 0.25) is 5.02 Å². The van der Waals surface area contributed by atoms with Crippen LogP contribution in [-0.4, -0.2) is 48.3 Å². The summed E-state index contributed by atoms with van der Waals surface area (Å²) in [6.07, 6.45) is -1.12. The van der Waals surface area contributed by atoms with Crippen molar-refractivity contribution in [2.75, 3.05) is 26.2 Å². The number of β-amino-alcohol motifs (C(OH)–C–C–N with tert-alkyl or cyclic N) is 1. The number of likely N-dealkylation sites (tertiary alicyclic amines) is 1. The lowest BCUT2D eigenvalue weighted by molar-refractivity contribution is -0.137. The zero-order valence-electron chi connectivity index (χ0n) is 19.1. The molecule has 2 aromatic carbocycles. The Morgan fingerprint density at radius 2 is 1.91 bits per heavy atom. The molecule has 0 bridgehead atoms. The van der Waals surface area contributed by atoms with E-state index in [0.29, 0.717) is 62.4 Å². The van der Waals surface area contributed by atoms with Gasteiger partial charge in [-0.3, -0.25) is 4.79 Å². The minimum Gasteiger partial charge on any atom is -0.490 e. The molecule has 0 spiro atoms. The topological polar surface area (TPSA) is 59.0 Å². The van der Waals surface area contributed by atoms with Crippen LogP contribution in [0.5, 0.6) is 5.75 Å². The molecule has 35 heavy (non-hydrogen) atoms. The highest BCUT2D eigenvalue weighted by molar-refractivity contribution is 6.31. The van der Waals surface area contributed by atoms with Gasteiger partial charge in [0.2, 0.25) is 0 Å². The zero-order valence-corrected chi connectivity index (χ0v) is 19.8. The van der Waals surface area contributed by atoms with Crippen LogP contribution in [0.25, 0.3) is 6.08 Å². The van der Waals surface area contributed by atoms with E-state index in [9.17, 15) is 23.1 Å². The summed E-state index contributed by atoms with van der Waals surface area (Å²) in [6, 6.07) is 11.5. The fourth-order valence-corrected chi connectivity index (χ4v) is 4.70. The third kappa shape index (κ3) is 6.78. The highest BCUT2D eigenvalue weighted by Crippen LogP contribution is 2.38. The van der Waals surface area contributed by atoms with Crippen molar-refractivity contribution < 1.29 is 32.5 Å². The van der Waals surface area contributed by atoms with Gasteiger partial charge in [0, 0.05) is 18.5 Å².